The summed E-state index contributed by atoms with van der Waals surface area (Å²) < 4.78 is 1.86. The fraction of sp³-hybridized carbons (Fsp3) is 0.250. The Kier molecular flexibility index (Phi) is 2.32. The average molecular weight is 203 g/mol. The summed E-state index contributed by atoms with van der Waals surface area (Å²) in [5.74, 6) is 0. The van der Waals surface area contributed by atoms with Gasteiger partial charge in [-0.05, 0) is 19.1 Å². The molecule has 2 aromatic rings. The molecule has 15 heavy (non-hydrogen) atoms. The Hall–Kier alpha value is -1.61. The van der Waals surface area contributed by atoms with Crippen LogP contribution in [0, 0.1) is 6.92 Å². The van der Waals surface area contributed by atoms with Crippen molar-refractivity contribution >= 4 is 10.9 Å². The van der Waals surface area contributed by atoms with Crippen molar-refractivity contribution in [1.82, 2.24) is 4.57 Å². The van der Waals surface area contributed by atoms with Crippen LogP contribution in [0.1, 0.15) is 11.1 Å². The molecule has 0 saturated heterocycles. The van der Waals surface area contributed by atoms with Crippen LogP contribution >= 0.6 is 0 Å². The molecule has 78 valence electrons. The number of aryl methyl sites for hydroxylation is 2. The molecule has 0 unspecified atom stereocenters. The van der Waals surface area contributed by atoms with Crippen molar-refractivity contribution in [3.8, 4) is 0 Å². The molecule has 1 aromatic heterocycles. The molecule has 3 nitrogen and oxygen atoms in total. The zero-order chi connectivity index (χ0) is 11.0. The molecule has 0 aliphatic rings. The molecule has 0 saturated carbocycles. The highest BCUT2D eigenvalue weighted by molar-refractivity contribution is 5.80. The van der Waals surface area contributed by atoms with E-state index in [1.807, 2.05) is 36.7 Å². The number of hydrogen-bond acceptors (Lipinski definition) is 2. The van der Waals surface area contributed by atoms with Crippen molar-refractivity contribution in [3.05, 3.63) is 45.7 Å². The maximum atomic E-state index is 11.9. The zero-order valence-electron chi connectivity index (χ0n) is 8.82. The van der Waals surface area contributed by atoms with E-state index >= 15 is 0 Å². The van der Waals surface area contributed by atoms with Crippen LogP contribution < -0.4 is 5.43 Å². The van der Waals surface area contributed by atoms with Gasteiger partial charge in [0.2, 0.25) is 0 Å². The highest BCUT2D eigenvalue weighted by atomic mass is 16.3. The summed E-state index contributed by atoms with van der Waals surface area (Å²) >= 11 is 0. The van der Waals surface area contributed by atoms with Gasteiger partial charge in [0.15, 0.2) is 5.43 Å². The third-order valence-electron chi connectivity index (χ3n) is 2.59. The molecule has 1 heterocycles. The van der Waals surface area contributed by atoms with Crippen LogP contribution in [0.5, 0.6) is 0 Å². The van der Waals surface area contributed by atoms with Crippen LogP contribution in [-0.4, -0.2) is 9.67 Å². The van der Waals surface area contributed by atoms with Gasteiger partial charge in [-0.15, -0.1) is 0 Å². The topological polar surface area (TPSA) is 42.2 Å². The second-order valence-electron chi connectivity index (χ2n) is 3.77. The summed E-state index contributed by atoms with van der Waals surface area (Å²) in [6, 6.07) is 5.75. The van der Waals surface area contributed by atoms with Gasteiger partial charge in [-0.25, -0.2) is 0 Å². The molecule has 0 aliphatic heterocycles. The van der Waals surface area contributed by atoms with Crippen LogP contribution in [-0.2, 0) is 13.7 Å². The van der Waals surface area contributed by atoms with E-state index in [1.165, 1.54) is 0 Å². The third kappa shape index (κ3) is 1.55. The zero-order valence-corrected chi connectivity index (χ0v) is 8.82. The fourth-order valence-corrected chi connectivity index (χ4v) is 1.79. The Labute approximate surface area is 87.6 Å². The first-order chi connectivity index (χ1) is 7.13. The minimum absolute atomic E-state index is 0.0747. The minimum atomic E-state index is -0.212. The molecule has 0 spiro atoms. The molecule has 0 fully saturated rings. The van der Waals surface area contributed by atoms with E-state index in [4.69, 9.17) is 5.11 Å². The van der Waals surface area contributed by atoms with Crippen LogP contribution in [0.15, 0.2) is 29.2 Å². The van der Waals surface area contributed by atoms with E-state index in [2.05, 4.69) is 0 Å². The van der Waals surface area contributed by atoms with Crippen molar-refractivity contribution in [2.45, 2.75) is 13.5 Å². The van der Waals surface area contributed by atoms with Gasteiger partial charge in [-0.3, -0.25) is 4.79 Å². The van der Waals surface area contributed by atoms with Crippen molar-refractivity contribution in [1.29, 1.82) is 0 Å². The lowest BCUT2D eigenvalue weighted by atomic mass is 10.1. The average Bonchev–Trinajstić information content (AvgIpc) is 2.23. The second-order valence-corrected chi connectivity index (χ2v) is 3.77. The monoisotopic (exact) mass is 203 g/mol. The van der Waals surface area contributed by atoms with Gasteiger partial charge in [0.05, 0.1) is 12.1 Å². The van der Waals surface area contributed by atoms with Crippen LogP contribution in [0.3, 0.4) is 0 Å². The lowest BCUT2D eigenvalue weighted by Crippen LogP contribution is -2.13. The smallest absolute Gasteiger partial charge is 0.194 e. The number of aliphatic hydroxyl groups excluding tert-OH is 1. The summed E-state index contributed by atoms with van der Waals surface area (Å²) in [5, 5.41) is 9.73. The van der Waals surface area contributed by atoms with E-state index in [9.17, 15) is 4.79 Å². The molecule has 1 N–H and O–H groups in total. The number of hydrogen-bond donors (Lipinski definition) is 1. The second kappa shape index (κ2) is 3.51. The standard InChI is InChI=1S/C12H13NO2/c1-8-3-4-11-10(5-8)12(15)9(7-14)6-13(11)2/h3-6,14H,7H2,1-2H3. The highest BCUT2D eigenvalue weighted by Crippen LogP contribution is 2.12. The number of aliphatic hydroxyl groups is 1. The molecule has 0 bridgehead atoms. The van der Waals surface area contributed by atoms with E-state index in [0.29, 0.717) is 10.9 Å². The van der Waals surface area contributed by atoms with Gasteiger partial charge in [0.25, 0.3) is 0 Å². The van der Waals surface area contributed by atoms with Gasteiger partial charge < -0.3 is 9.67 Å². The Morgan fingerprint density at radius 3 is 2.80 bits per heavy atom. The molecule has 3 heteroatoms. The van der Waals surface area contributed by atoms with E-state index in [-0.39, 0.29) is 12.0 Å². The fourth-order valence-electron chi connectivity index (χ4n) is 1.79. The Morgan fingerprint density at radius 2 is 2.13 bits per heavy atom. The number of pyridine rings is 1. The molecule has 0 atom stereocenters. The number of rotatable bonds is 1. The minimum Gasteiger partial charge on any atom is -0.391 e. The van der Waals surface area contributed by atoms with Crippen molar-refractivity contribution in [2.24, 2.45) is 7.05 Å². The van der Waals surface area contributed by atoms with Gasteiger partial charge >= 0.3 is 0 Å². The molecule has 0 amide bonds. The van der Waals surface area contributed by atoms with Crippen molar-refractivity contribution in [3.63, 3.8) is 0 Å². The normalized spacial score (nSPS) is 10.9. The summed E-state index contributed by atoms with van der Waals surface area (Å²) in [5.41, 5.74) is 2.31. The summed E-state index contributed by atoms with van der Waals surface area (Å²) in [7, 11) is 1.87. The van der Waals surface area contributed by atoms with Crippen LogP contribution in [0.2, 0.25) is 0 Å². The van der Waals surface area contributed by atoms with Crippen LogP contribution in [0.25, 0.3) is 10.9 Å². The van der Waals surface area contributed by atoms with Gasteiger partial charge in [-0.1, -0.05) is 11.6 Å². The maximum Gasteiger partial charge on any atom is 0.194 e. The lowest BCUT2D eigenvalue weighted by molar-refractivity contribution is 0.280. The Morgan fingerprint density at radius 1 is 1.40 bits per heavy atom. The van der Waals surface area contributed by atoms with Gasteiger partial charge in [0.1, 0.15) is 0 Å². The summed E-state index contributed by atoms with van der Waals surface area (Å²) in [6.45, 7) is 1.74. The first kappa shape index (κ1) is 9.93. The molecule has 2 rings (SSSR count). The largest absolute Gasteiger partial charge is 0.391 e. The van der Waals surface area contributed by atoms with Crippen molar-refractivity contribution in [2.75, 3.05) is 0 Å². The quantitative estimate of drug-likeness (QED) is 0.760. The lowest BCUT2D eigenvalue weighted by Gasteiger charge is -2.07. The first-order valence-corrected chi connectivity index (χ1v) is 4.83. The number of nitrogens with zero attached hydrogens (tertiary/aromatic N) is 1. The number of fused-ring (bicyclic) bond motifs is 1. The van der Waals surface area contributed by atoms with Gasteiger partial charge in [-0.2, -0.15) is 0 Å². The highest BCUT2D eigenvalue weighted by Gasteiger charge is 2.06. The van der Waals surface area contributed by atoms with E-state index in [0.717, 1.165) is 11.1 Å². The van der Waals surface area contributed by atoms with Crippen LogP contribution in [0.4, 0.5) is 0 Å². The molecular weight excluding hydrogens is 190 g/mol. The molecule has 0 aliphatic carbocycles. The number of benzene rings is 1. The Bertz CT molecular complexity index is 570. The molecule has 1 aromatic carbocycles. The van der Waals surface area contributed by atoms with Gasteiger partial charge in [0, 0.05) is 24.2 Å². The predicted molar refractivity (Wildman–Crippen MR) is 59.8 cm³/mol. The molecular formula is C12H13NO2. The maximum absolute atomic E-state index is 11.9. The summed E-state index contributed by atoms with van der Waals surface area (Å²) in [6.07, 6.45) is 1.68. The Balaban J connectivity index is 2.95. The van der Waals surface area contributed by atoms with Crippen molar-refractivity contribution < 1.29 is 5.11 Å². The first-order valence-electron chi connectivity index (χ1n) is 4.83. The summed E-state index contributed by atoms with van der Waals surface area (Å²) in [4.78, 5) is 11.9. The predicted octanol–water partition coefficient (Wildman–Crippen LogP) is 1.34. The van der Waals surface area contributed by atoms with E-state index < -0.39 is 0 Å². The SMILES string of the molecule is Cc1ccc2c(c1)c(=O)c(CO)cn2C. The molecule has 0 radical (unpaired) electrons. The van der Waals surface area contributed by atoms with E-state index in [1.54, 1.807) is 6.20 Å². The number of aromatic nitrogens is 1. The third-order valence-corrected chi connectivity index (χ3v) is 2.59.